The van der Waals surface area contributed by atoms with Gasteiger partial charge in [0.05, 0.1) is 6.33 Å². The maximum Gasteiger partial charge on any atom is 0.272 e. The van der Waals surface area contributed by atoms with E-state index in [2.05, 4.69) is 9.97 Å². The lowest BCUT2D eigenvalue weighted by atomic mass is 9.91. The van der Waals surface area contributed by atoms with Gasteiger partial charge in [0.2, 0.25) is 0 Å². The maximum atomic E-state index is 13.1. The molecular formula is C22H22FN3O. The lowest BCUT2D eigenvalue weighted by molar-refractivity contribution is 0.0669. The highest BCUT2D eigenvalue weighted by atomic mass is 19.1. The number of piperidine rings is 1. The van der Waals surface area contributed by atoms with Crippen molar-refractivity contribution in [2.45, 2.75) is 19.3 Å². The summed E-state index contributed by atoms with van der Waals surface area (Å²) < 4.78 is 13.1. The number of nitrogens with zero attached hydrogens (tertiary/aromatic N) is 2. The van der Waals surface area contributed by atoms with Crippen LogP contribution in [-0.4, -0.2) is 33.9 Å². The van der Waals surface area contributed by atoms with Crippen molar-refractivity contribution in [1.82, 2.24) is 14.9 Å². The molecule has 1 aliphatic rings. The predicted molar refractivity (Wildman–Crippen MR) is 103 cm³/mol. The molecule has 1 aliphatic heterocycles. The van der Waals surface area contributed by atoms with Crippen LogP contribution in [0.25, 0.3) is 11.3 Å². The van der Waals surface area contributed by atoms with Gasteiger partial charge in [0, 0.05) is 18.7 Å². The van der Waals surface area contributed by atoms with Crippen molar-refractivity contribution in [3.8, 4) is 11.3 Å². The molecule has 2 heterocycles. The molecule has 0 spiro atoms. The second kappa shape index (κ2) is 7.74. The van der Waals surface area contributed by atoms with E-state index >= 15 is 0 Å². The molecule has 138 valence electrons. The summed E-state index contributed by atoms with van der Waals surface area (Å²) in [4.78, 5) is 22.4. The van der Waals surface area contributed by atoms with Crippen molar-refractivity contribution in [3.05, 3.63) is 78.0 Å². The molecule has 0 saturated carbocycles. The molecule has 0 bridgehead atoms. The number of aromatic amines is 1. The quantitative estimate of drug-likeness (QED) is 0.751. The molecule has 1 N–H and O–H groups in total. The van der Waals surface area contributed by atoms with Gasteiger partial charge in [-0.2, -0.15) is 0 Å². The van der Waals surface area contributed by atoms with Crippen LogP contribution >= 0.6 is 0 Å². The third-order valence-electron chi connectivity index (χ3n) is 5.14. The second-order valence-corrected chi connectivity index (χ2v) is 7.08. The number of imidazole rings is 1. The van der Waals surface area contributed by atoms with Gasteiger partial charge in [0.1, 0.15) is 17.2 Å². The first-order chi connectivity index (χ1) is 13.2. The van der Waals surface area contributed by atoms with Crippen molar-refractivity contribution in [3.63, 3.8) is 0 Å². The van der Waals surface area contributed by atoms with Crippen LogP contribution in [-0.2, 0) is 6.42 Å². The highest BCUT2D eigenvalue weighted by Gasteiger charge is 2.27. The van der Waals surface area contributed by atoms with Gasteiger partial charge in [-0.1, -0.05) is 42.5 Å². The largest absolute Gasteiger partial charge is 0.340 e. The third kappa shape index (κ3) is 3.92. The van der Waals surface area contributed by atoms with Crippen LogP contribution in [0.4, 0.5) is 4.39 Å². The number of rotatable bonds is 4. The summed E-state index contributed by atoms with van der Waals surface area (Å²) in [5.41, 5.74) is 3.29. The highest BCUT2D eigenvalue weighted by molar-refractivity contribution is 5.98. The number of nitrogens with one attached hydrogen (secondary N) is 1. The standard InChI is InChI=1S/C22H22FN3O/c23-19-10-8-16(9-11-19)13-17-5-4-12-26(14-17)22(27)21-20(24-15-25-21)18-6-2-1-3-7-18/h1-3,6-11,15,17H,4-5,12-14H2,(H,24,25). The van der Waals surface area contributed by atoms with Gasteiger partial charge in [-0.05, 0) is 42.9 Å². The number of carbonyl (C=O) groups is 1. The molecule has 1 unspecified atom stereocenters. The fourth-order valence-corrected chi connectivity index (χ4v) is 3.80. The normalized spacial score (nSPS) is 17.1. The van der Waals surface area contributed by atoms with Gasteiger partial charge < -0.3 is 9.88 Å². The maximum absolute atomic E-state index is 13.1. The summed E-state index contributed by atoms with van der Waals surface area (Å²) in [6.45, 7) is 1.47. The van der Waals surface area contributed by atoms with E-state index in [0.29, 0.717) is 23.9 Å². The predicted octanol–water partition coefficient (Wildman–Crippen LogP) is 4.31. The minimum atomic E-state index is -0.216. The number of likely N-dealkylation sites (tertiary alicyclic amines) is 1. The van der Waals surface area contributed by atoms with Crippen LogP contribution < -0.4 is 0 Å². The van der Waals surface area contributed by atoms with Crippen LogP contribution in [0, 0.1) is 11.7 Å². The zero-order valence-corrected chi connectivity index (χ0v) is 15.1. The Balaban J connectivity index is 1.48. The number of halogens is 1. The molecule has 3 aromatic rings. The van der Waals surface area contributed by atoms with Gasteiger partial charge in [-0.25, -0.2) is 9.37 Å². The van der Waals surface area contributed by atoms with Gasteiger partial charge in [-0.3, -0.25) is 4.79 Å². The van der Waals surface area contributed by atoms with E-state index in [1.54, 1.807) is 6.33 Å². The van der Waals surface area contributed by atoms with E-state index in [-0.39, 0.29) is 11.7 Å². The van der Waals surface area contributed by atoms with Crippen LogP contribution in [0.1, 0.15) is 28.9 Å². The molecule has 1 saturated heterocycles. The number of carbonyl (C=O) groups excluding carboxylic acids is 1. The summed E-state index contributed by atoms with van der Waals surface area (Å²) in [5, 5.41) is 0. The van der Waals surface area contributed by atoms with E-state index < -0.39 is 0 Å². The fourth-order valence-electron chi connectivity index (χ4n) is 3.80. The molecule has 4 rings (SSSR count). The third-order valence-corrected chi connectivity index (χ3v) is 5.14. The number of hydrogen-bond acceptors (Lipinski definition) is 2. The van der Waals surface area contributed by atoms with Crippen molar-refractivity contribution in [2.24, 2.45) is 5.92 Å². The average molecular weight is 363 g/mol. The summed E-state index contributed by atoms with van der Waals surface area (Å²) in [7, 11) is 0. The number of amides is 1. The second-order valence-electron chi connectivity index (χ2n) is 7.08. The van der Waals surface area contributed by atoms with Gasteiger partial charge in [0.15, 0.2) is 0 Å². The molecule has 27 heavy (non-hydrogen) atoms. The van der Waals surface area contributed by atoms with E-state index in [4.69, 9.17) is 0 Å². The molecule has 1 amide bonds. The van der Waals surface area contributed by atoms with Gasteiger partial charge >= 0.3 is 0 Å². The number of H-pyrrole nitrogens is 1. The lowest BCUT2D eigenvalue weighted by Crippen LogP contribution is -2.40. The molecule has 0 radical (unpaired) electrons. The van der Waals surface area contributed by atoms with Gasteiger partial charge in [-0.15, -0.1) is 0 Å². The minimum Gasteiger partial charge on any atom is -0.340 e. The first-order valence-corrected chi connectivity index (χ1v) is 9.33. The van der Waals surface area contributed by atoms with Crippen LogP contribution in [0.3, 0.4) is 0 Å². The SMILES string of the molecule is O=C(c1[nH]cnc1-c1ccccc1)N1CCCC(Cc2ccc(F)cc2)C1. The molecule has 2 aromatic carbocycles. The molecular weight excluding hydrogens is 341 g/mol. The molecule has 4 nitrogen and oxygen atoms in total. The number of aromatic nitrogens is 2. The summed E-state index contributed by atoms with van der Waals surface area (Å²) in [5.74, 6) is 0.165. The summed E-state index contributed by atoms with van der Waals surface area (Å²) in [6.07, 6.45) is 4.50. The van der Waals surface area contributed by atoms with E-state index in [9.17, 15) is 9.18 Å². The highest BCUT2D eigenvalue weighted by Crippen LogP contribution is 2.25. The lowest BCUT2D eigenvalue weighted by Gasteiger charge is -2.32. The Labute approximate surface area is 158 Å². The van der Waals surface area contributed by atoms with Crippen LogP contribution in [0.5, 0.6) is 0 Å². The van der Waals surface area contributed by atoms with Crippen molar-refractivity contribution in [2.75, 3.05) is 13.1 Å². The fraction of sp³-hybridized carbons (Fsp3) is 0.273. The molecule has 0 aliphatic carbocycles. The first kappa shape index (κ1) is 17.5. The Bertz CT molecular complexity index is 905. The van der Waals surface area contributed by atoms with Crippen molar-refractivity contribution < 1.29 is 9.18 Å². The Morgan fingerprint density at radius 3 is 2.70 bits per heavy atom. The first-order valence-electron chi connectivity index (χ1n) is 9.33. The monoisotopic (exact) mass is 363 g/mol. The zero-order valence-electron chi connectivity index (χ0n) is 15.1. The summed E-state index contributed by atoms with van der Waals surface area (Å²) in [6, 6.07) is 16.4. The Morgan fingerprint density at radius 1 is 1.15 bits per heavy atom. The number of hydrogen-bond donors (Lipinski definition) is 1. The minimum absolute atomic E-state index is 0.00448. The Kier molecular flexibility index (Phi) is 5.01. The topological polar surface area (TPSA) is 49.0 Å². The van der Waals surface area contributed by atoms with E-state index in [0.717, 1.165) is 36.9 Å². The Hall–Kier alpha value is -2.95. The van der Waals surface area contributed by atoms with Crippen molar-refractivity contribution >= 4 is 5.91 Å². The molecule has 5 heteroatoms. The Morgan fingerprint density at radius 2 is 1.93 bits per heavy atom. The molecule has 1 aromatic heterocycles. The van der Waals surface area contributed by atoms with Crippen molar-refractivity contribution in [1.29, 1.82) is 0 Å². The number of benzene rings is 2. The zero-order chi connectivity index (χ0) is 18.6. The smallest absolute Gasteiger partial charge is 0.272 e. The molecule has 1 atom stereocenters. The summed E-state index contributed by atoms with van der Waals surface area (Å²) >= 11 is 0. The van der Waals surface area contributed by atoms with E-state index in [1.165, 1.54) is 12.1 Å². The molecule has 1 fully saturated rings. The van der Waals surface area contributed by atoms with E-state index in [1.807, 2.05) is 47.4 Å². The van der Waals surface area contributed by atoms with Crippen LogP contribution in [0.2, 0.25) is 0 Å². The van der Waals surface area contributed by atoms with Gasteiger partial charge in [0.25, 0.3) is 5.91 Å². The van der Waals surface area contributed by atoms with Crippen LogP contribution in [0.15, 0.2) is 60.9 Å². The average Bonchev–Trinajstić information content (AvgIpc) is 3.20.